The van der Waals surface area contributed by atoms with Crippen LogP contribution >= 0.6 is 0 Å². The van der Waals surface area contributed by atoms with Gasteiger partial charge in [-0.25, -0.2) is 4.98 Å². The van der Waals surface area contributed by atoms with Crippen molar-refractivity contribution in [3.05, 3.63) is 82.9 Å². The number of anilines is 1. The van der Waals surface area contributed by atoms with Gasteiger partial charge in [0.05, 0.1) is 44.0 Å². The maximum Gasteiger partial charge on any atom is 0.302 e. The van der Waals surface area contributed by atoms with E-state index >= 15 is 0 Å². The number of H-pyrrole nitrogens is 1. The van der Waals surface area contributed by atoms with Gasteiger partial charge in [0.15, 0.2) is 0 Å². The number of hydrogen-bond acceptors (Lipinski definition) is 7. The number of rotatable bonds is 6. The van der Waals surface area contributed by atoms with E-state index in [1.165, 1.54) is 12.0 Å². The molecule has 1 saturated heterocycles. The number of aromatic amines is 1. The Morgan fingerprint density at radius 1 is 0.925 bits per heavy atom. The summed E-state index contributed by atoms with van der Waals surface area (Å²) in [5.41, 5.74) is 2.67. The number of imidazole rings is 1. The lowest BCUT2D eigenvalue weighted by atomic mass is 9.84. The molecule has 1 atom stereocenters. The monoisotopic (exact) mass is 541 g/mol. The maximum atomic E-state index is 13.6. The summed E-state index contributed by atoms with van der Waals surface area (Å²) in [6, 6.07) is 16.6. The molecule has 2 heterocycles. The maximum absolute atomic E-state index is 13.6. The van der Waals surface area contributed by atoms with Crippen LogP contribution in [0.15, 0.2) is 66.2 Å². The highest BCUT2D eigenvalue weighted by Gasteiger charge is 2.48. The van der Waals surface area contributed by atoms with Gasteiger partial charge in [-0.2, -0.15) is 0 Å². The van der Waals surface area contributed by atoms with Crippen LogP contribution in [0.3, 0.4) is 0 Å². The number of ether oxygens (including phenoxy) is 3. The normalized spacial score (nSPS) is 16.9. The number of nitrogens with zero attached hydrogens (tertiary/aromatic N) is 2. The van der Waals surface area contributed by atoms with Crippen molar-refractivity contribution >= 4 is 34.4 Å². The molecule has 1 fully saturated rings. The van der Waals surface area contributed by atoms with Gasteiger partial charge in [0.1, 0.15) is 23.0 Å². The van der Waals surface area contributed by atoms with Crippen LogP contribution in [0.1, 0.15) is 43.5 Å². The van der Waals surface area contributed by atoms with Crippen molar-refractivity contribution in [3.8, 4) is 17.2 Å². The molecule has 0 aliphatic carbocycles. The quantitative estimate of drug-likeness (QED) is 0.188. The molecule has 1 unspecified atom stereocenters. The Morgan fingerprint density at radius 3 is 2.33 bits per heavy atom. The number of aliphatic hydroxyl groups excluding tert-OH is 1. The zero-order chi connectivity index (χ0) is 28.8. The van der Waals surface area contributed by atoms with E-state index in [0.717, 1.165) is 5.56 Å². The molecule has 9 nitrogen and oxygen atoms in total. The molecule has 0 radical (unpaired) electrons. The average molecular weight is 542 g/mol. The van der Waals surface area contributed by atoms with Gasteiger partial charge in [0.2, 0.25) is 5.95 Å². The first-order valence-corrected chi connectivity index (χ1v) is 12.7. The van der Waals surface area contributed by atoms with E-state index in [9.17, 15) is 14.7 Å². The van der Waals surface area contributed by atoms with Crippen LogP contribution in [0.25, 0.3) is 16.8 Å². The lowest BCUT2D eigenvalue weighted by Gasteiger charge is -2.24. The number of methoxy groups -OCH3 is 3. The molecule has 1 aliphatic rings. The fourth-order valence-corrected chi connectivity index (χ4v) is 4.99. The number of fused-ring (bicyclic) bond motifs is 1. The van der Waals surface area contributed by atoms with Crippen molar-refractivity contribution in [2.75, 3.05) is 26.2 Å². The number of benzene rings is 3. The van der Waals surface area contributed by atoms with Crippen molar-refractivity contribution in [3.63, 3.8) is 0 Å². The summed E-state index contributed by atoms with van der Waals surface area (Å²) in [4.78, 5) is 36.3. The highest BCUT2D eigenvalue weighted by molar-refractivity contribution is 6.51. The molecule has 1 aromatic heterocycles. The second-order valence-electron chi connectivity index (χ2n) is 10.6. The number of Topliss-reactive ketones (excluding diaryl/α,β-unsaturated/α-hetero) is 1. The molecular formula is C31H31N3O6. The van der Waals surface area contributed by atoms with Gasteiger partial charge in [-0.15, -0.1) is 0 Å². The Hall–Kier alpha value is -4.79. The van der Waals surface area contributed by atoms with E-state index in [1.54, 1.807) is 74.9 Å². The number of nitrogens with one attached hydrogen (secondary N) is 1. The third-order valence-corrected chi connectivity index (χ3v) is 7.04. The minimum absolute atomic E-state index is 0.0543. The third kappa shape index (κ3) is 4.53. The van der Waals surface area contributed by atoms with Crippen molar-refractivity contribution in [2.24, 2.45) is 0 Å². The third-order valence-electron chi connectivity index (χ3n) is 7.04. The zero-order valence-electron chi connectivity index (χ0n) is 23.2. The molecule has 206 valence electrons. The standard InChI is InChI=1S/C31H31N3O6/c1-31(2,3)21-15-18(10-13-24(21)40-6)27(35)25-26(17-8-7-9-19(14-17)38-4)34(29(37)28(25)36)30-32-22-12-11-20(39-5)16-23(22)33-30/h7-16,26,35H,1-6H3,(H,32,33)/b27-25+. The number of amides is 1. The van der Waals surface area contributed by atoms with Crippen LogP contribution in [0.2, 0.25) is 0 Å². The van der Waals surface area contributed by atoms with Crippen molar-refractivity contribution < 1.29 is 28.9 Å². The lowest BCUT2D eigenvalue weighted by molar-refractivity contribution is -0.132. The first-order chi connectivity index (χ1) is 19.1. The molecule has 3 aromatic carbocycles. The largest absolute Gasteiger partial charge is 0.507 e. The molecule has 40 heavy (non-hydrogen) atoms. The summed E-state index contributed by atoms with van der Waals surface area (Å²) in [6.07, 6.45) is 0. The van der Waals surface area contributed by atoms with Gasteiger partial charge in [0.25, 0.3) is 5.78 Å². The SMILES string of the molecule is COc1cccc(C2/C(=C(\O)c3ccc(OC)c(C(C)(C)C)c3)C(=O)C(=O)N2c2nc3ccc(OC)cc3[nH]2)c1. The second-order valence-corrected chi connectivity index (χ2v) is 10.6. The van der Waals surface area contributed by atoms with Crippen molar-refractivity contribution in [1.82, 2.24) is 9.97 Å². The molecule has 1 aliphatic heterocycles. The van der Waals surface area contributed by atoms with E-state index in [0.29, 0.717) is 39.4 Å². The Kier molecular flexibility index (Phi) is 6.75. The number of carbonyl (C=O) groups excluding carboxylic acids is 2. The smallest absolute Gasteiger partial charge is 0.302 e. The van der Waals surface area contributed by atoms with Crippen LogP contribution in [0.4, 0.5) is 5.95 Å². The topological polar surface area (TPSA) is 114 Å². The summed E-state index contributed by atoms with van der Waals surface area (Å²) in [7, 11) is 4.68. The van der Waals surface area contributed by atoms with Gasteiger partial charge < -0.3 is 24.3 Å². The van der Waals surface area contributed by atoms with Gasteiger partial charge >= 0.3 is 5.91 Å². The van der Waals surface area contributed by atoms with E-state index in [-0.39, 0.29) is 22.7 Å². The summed E-state index contributed by atoms with van der Waals surface area (Å²) < 4.78 is 16.3. The molecule has 5 rings (SSSR count). The van der Waals surface area contributed by atoms with E-state index in [4.69, 9.17) is 14.2 Å². The molecular weight excluding hydrogens is 510 g/mol. The van der Waals surface area contributed by atoms with Gasteiger partial charge in [0, 0.05) is 17.2 Å². The first kappa shape index (κ1) is 26.8. The summed E-state index contributed by atoms with van der Waals surface area (Å²) in [5, 5.41) is 11.7. The molecule has 0 bridgehead atoms. The summed E-state index contributed by atoms with van der Waals surface area (Å²) >= 11 is 0. The number of hydrogen-bond donors (Lipinski definition) is 2. The predicted molar refractivity (Wildman–Crippen MR) is 152 cm³/mol. The number of carbonyl (C=O) groups is 2. The van der Waals surface area contributed by atoms with Gasteiger partial charge in [-0.05, 0) is 53.4 Å². The van der Waals surface area contributed by atoms with Gasteiger partial charge in [-0.1, -0.05) is 32.9 Å². The van der Waals surface area contributed by atoms with Crippen molar-refractivity contribution in [2.45, 2.75) is 32.2 Å². The zero-order valence-corrected chi connectivity index (χ0v) is 23.2. The lowest BCUT2D eigenvalue weighted by Crippen LogP contribution is -2.30. The van der Waals surface area contributed by atoms with E-state index in [2.05, 4.69) is 9.97 Å². The van der Waals surface area contributed by atoms with Gasteiger partial charge in [-0.3, -0.25) is 14.5 Å². The van der Waals surface area contributed by atoms with Crippen molar-refractivity contribution in [1.29, 1.82) is 0 Å². The highest BCUT2D eigenvalue weighted by Crippen LogP contribution is 2.43. The molecule has 0 saturated carbocycles. The average Bonchev–Trinajstić information content (AvgIpc) is 3.49. The number of aliphatic hydroxyl groups is 1. The Bertz CT molecular complexity index is 1660. The fourth-order valence-electron chi connectivity index (χ4n) is 4.99. The van der Waals surface area contributed by atoms with Crippen LogP contribution in [-0.2, 0) is 15.0 Å². The molecule has 2 N–H and O–H groups in total. The Balaban J connectivity index is 1.74. The van der Waals surface area contributed by atoms with Crippen LogP contribution in [0.5, 0.6) is 17.2 Å². The summed E-state index contributed by atoms with van der Waals surface area (Å²) in [5.74, 6) is 0.0510. The van der Waals surface area contributed by atoms with Crippen LogP contribution in [-0.4, -0.2) is 48.1 Å². The van der Waals surface area contributed by atoms with Crippen LogP contribution < -0.4 is 19.1 Å². The predicted octanol–water partition coefficient (Wildman–Crippen LogP) is 5.51. The Morgan fingerprint density at radius 2 is 1.65 bits per heavy atom. The highest BCUT2D eigenvalue weighted by atomic mass is 16.5. The Labute approximate surface area is 232 Å². The number of aromatic nitrogens is 2. The molecule has 1 amide bonds. The van der Waals surface area contributed by atoms with Crippen LogP contribution in [0, 0.1) is 0 Å². The fraction of sp³-hybridized carbons (Fsp3) is 0.258. The van der Waals surface area contributed by atoms with E-state index in [1.807, 2.05) is 20.8 Å². The second kappa shape index (κ2) is 10.1. The van der Waals surface area contributed by atoms with E-state index < -0.39 is 17.7 Å². The molecule has 9 heteroatoms. The number of ketones is 1. The molecule has 0 spiro atoms. The minimum atomic E-state index is -0.974. The molecule has 4 aromatic rings. The minimum Gasteiger partial charge on any atom is -0.507 e. The summed E-state index contributed by atoms with van der Waals surface area (Å²) in [6.45, 7) is 6.08. The first-order valence-electron chi connectivity index (χ1n) is 12.7.